The molecule has 0 bridgehead atoms. The summed E-state index contributed by atoms with van der Waals surface area (Å²) in [6.07, 6.45) is 2.20. The van der Waals surface area contributed by atoms with E-state index in [1.807, 2.05) is 16.2 Å². The second-order valence-electron chi connectivity index (χ2n) is 5.55. The Hall–Kier alpha value is -0.910. The number of rotatable bonds is 8. The van der Waals surface area contributed by atoms with Gasteiger partial charge in [-0.3, -0.25) is 4.79 Å². The SMILES string of the molecule is CCCN(CC)CCNCC(=O)N1CCc2sccc2C1. The first-order valence-electron chi connectivity index (χ1n) is 8.00. The Bertz CT molecular complexity index is 446. The first-order chi connectivity index (χ1) is 10.2. The number of hydrogen-bond acceptors (Lipinski definition) is 4. The summed E-state index contributed by atoms with van der Waals surface area (Å²) in [7, 11) is 0. The Balaban J connectivity index is 1.66. The van der Waals surface area contributed by atoms with Crippen LogP contribution in [0.4, 0.5) is 0 Å². The summed E-state index contributed by atoms with van der Waals surface area (Å²) < 4.78 is 0. The number of nitrogens with one attached hydrogen (secondary N) is 1. The van der Waals surface area contributed by atoms with Gasteiger partial charge in [0.25, 0.3) is 0 Å². The standard InChI is InChI=1S/C16H27N3OS/c1-3-8-18(4-2)10-7-17-12-16(20)19-9-5-15-14(13-19)6-11-21-15/h6,11,17H,3-5,7-10,12-13H2,1-2H3. The fourth-order valence-electron chi connectivity index (χ4n) is 2.75. The van der Waals surface area contributed by atoms with Crippen LogP contribution in [0.1, 0.15) is 30.7 Å². The fourth-order valence-corrected chi connectivity index (χ4v) is 3.64. The molecule has 0 aromatic carbocycles. The molecule has 0 atom stereocenters. The molecule has 0 aliphatic carbocycles. The number of likely N-dealkylation sites (N-methyl/N-ethyl adjacent to an activating group) is 1. The van der Waals surface area contributed by atoms with Gasteiger partial charge < -0.3 is 15.1 Å². The molecule has 1 amide bonds. The lowest BCUT2D eigenvalue weighted by Gasteiger charge is -2.27. The van der Waals surface area contributed by atoms with E-state index in [1.165, 1.54) is 16.9 Å². The van der Waals surface area contributed by atoms with Crippen LogP contribution in [-0.2, 0) is 17.8 Å². The van der Waals surface area contributed by atoms with E-state index >= 15 is 0 Å². The maximum Gasteiger partial charge on any atom is 0.236 e. The highest BCUT2D eigenvalue weighted by Gasteiger charge is 2.20. The molecule has 0 saturated heterocycles. The van der Waals surface area contributed by atoms with Gasteiger partial charge in [-0.2, -0.15) is 0 Å². The molecule has 0 radical (unpaired) electrons. The highest BCUT2D eigenvalue weighted by molar-refractivity contribution is 7.10. The van der Waals surface area contributed by atoms with E-state index in [0.717, 1.165) is 45.7 Å². The van der Waals surface area contributed by atoms with Crippen LogP contribution in [0.15, 0.2) is 11.4 Å². The van der Waals surface area contributed by atoms with E-state index in [2.05, 4.69) is 35.5 Å². The zero-order chi connectivity index (χ0) is 15.1. The third-order valence-electron chi connectivity index (χ3n) is 4.03. The predicted molar refractivity (Wildman–Crippen MR) is 88.7 cm³/mol. The normalized spacial score (nSPS) is 14.5. The molecule has 2 heterocycles. The molecular weight excluding hydrogens is 282 g/mol. The second-order valence-corrected chi connectivity index (χ2v) is 6.55. The average molecular weight is 309 g/mol. The van der Waals surface area contributed by atoms with Gasteiger partial charge in [0.05, 0.1) is 6.54 Å². The molecule has 4 nitrogen and oxygen atoms in total. The summed E-state index contributed by atoms with van der Waals surface area (Å²) in [5, 5.41) is 5.42. The van der Waals surface area contributed by atoms with Crippen molar-refractivity contribution >= 4 is 17.2 Å². The van der Waals surface area contributed by atoms with E-state index < -0.39 is 0 Å². The minimum Gasteiger partial charge on any atom is -0.337 e. The van der Waals surface area contributed by atoms with Gasteiger partial charge in [0, 0.05) is 31.1 Å². The summed E-state index contributed by atoms with van der Waals surface area (Å²) >= 11 is 1.81. The Morgan fingerprint density at radius 2 is 2.29 bits per heavy atom. The lowest BCUT2D eigenvalue weighted by Crippen LogP contribution is -2.42. The van der Waals surface area contributed by atoms with Gasteiger partial charge in [-0.25, -0.2) is 0 Å². The minimum absolute atomic E-state index is 0.227. The van der Waals surface area contributed by atoms with Crippen molar-refractivity contribution in [3.05, 3.63) is 21.9 Å². The molecule has 0 spiro atoms. The molecule has 1 aliphatic heterocycles. The molecule has 1 aliphatic rings. The summed E-state index contributed by atoms with van der Waals surface area (Å²) in [4.78, 5) is 18.1. The first kappa shape index (κ1) is 16.5. The lowest BCUT2D eigenvalue weighted by molar-refractivity contribution is -0.131. The molecule has 1 aromatic heterocycles. The second kappa shape index (κ2) is 8.51. The number of hydrogen-bond donors (Lipinski definition) is 1. The van der Waals surface area contributed by atoms with Gasteiger partial charge >= 0.3 is 0 Å². The van der Waals surface area contributed by atoms with Crippen molar-refractivity contribution in [1.82, 2.24) is 15.1 Å². The van der Waals surface area contributed by atoms with Gasteiger partial charge in [0.2, 0.25) is 5.91 Å². The van der Waals surface area contributed by atoms with Crippen LogP contribution in [0, 0.1) is 0 Å². The van der Waals surface area contributed by atoms with Crippen molar-refractivity contribution in [3.8, 4) is 0 Å². The Labute approximate surface area is 132 Å². The molecular formula is C16H27N3OS. The molecule has 21 heavy (non-hydrogen) atoms. The van der Waals surface area contributed by atoms with Crippen molar-refractivity contribution in [2.24, 2.45) is 0 Å². The smallest absolute Gasteiger partial charge is 0.236 e. The van der Waals surface area contributed by atoms with Gasteiger partial charge in [-0.1, -0.05) is 13.8 Å². The van der Waals surface area contributed by atoms with Crippen LogP contribution in [0.25, 0.3) is 0 Å². The number of carbonyl (C=O) groups excluding carboxylic acids is 1. The molecule has 2 rings (SSSR count). The topological polar surface area (TPSA) is 35.6 Å². The Morgan fingerprint density at radius 3 is 3.05 bits per heavy atom. The van der Waals surface area contributed by atoms with E-state index in [1.54, 1.807) is 0 Å². The van der Waals surface area contributed by atoms with E-state index in [-0.39, 0.29) is 5.91 Å². The largest absolute Gasteiger partial charge is 0.337 e. The Kier molecular flexibility index (Phi) is 6.67. The van der Waals surface area contributed by atoms with Gasteiger partial charge in [-0.15, -0.1) is 11.3 Å². The molecule has 118 valence electrons. The van der Waals surface area contributed by atoms with Gasteiger partial charge in [0.1, 0.15) is 0 Å². The maximum absolute atomic E-state index is 12.2. The third-order valence-corrected chi connectivity index (χ3v) is 5.05. The summed E-state index contributed by atoms with van der Waals surface area (Å²) in [6, 6.07) is 2.15. The fraction of sp³-hybridized carbons (Fsp3) is 0.688. The number of amides is 1. The highest BCUT2D eigenvalue weighted by atomic mass is 32.1. The van der Waals surface area contributed by atoms with Crippen molar-refractivity contribution in [1.29, 1.82) is 0 Å². The average Bonchev–Trinajstić information content (AvgIpc) is 2.97. The number of carbonyl (C=O) groups is 1. The van der Waals surface area contributed by atoms with E-state index in [4.69, 9.17) is 0 Å². The van der Waals surface area contributed by atoms with Gasteiger partial charge in [-0.05, 0) is 42.9 Å². The van der Waals surface area contributed by atoms with E-state index in [0.29, 0.717) is 6.54 Å². The van der Waals surface area contributed by atoms with Crippen molar-refractivity contribution < 1.29 is 4.79 Å². The lowest BCUT2D eigenvalue weighted by atomic mass is 10.1. The first-order valence-corrected chi connectivity index (χ1v) is 8.88. The van der Waals surface area contributed by atoms with Gasteiger partial charge in [0.15, 0.2) is 0 Å². The molecule has 5 heteroatoms. The number of thiophene rings is 1. The van der Waals surface area contributed by atoms with Crippen molar-refractivity contribution in [3.63, 3.8) is 0 Å². The quantitative estimate of drug-likeness (QED) is 0.746. The van der Waals surface area contributed by atoms with Crippen LogP contribution < -0.4 is 5.32 Å². The predicted octanol–water partition coefficient (Wildman–Crippen LogP) is 1.95. The van der Waals surface area contributed by atoms with Crippen molar-refractivity contribution in [2.45, 2.75) is 33.2 Å². The van der Waals surface area contributed by atoms with Crippen LogP contribution in [0.5, 0.6) is 0 Å². The molecule has 0 fully saturated rings. The Morgan fingerprint density at radius 1 is 1.43 bits per heavy atom. The van der Waals surface area contributed by atoms with Crippen LogP contribution in [0.2, 0.25) is 0 Å². The number of fused-ring (bicyclic) bond motifs is 1. The summed E-state index contributed by atoms with van der Waals surface area (Å²) in [5.41, 5.74) is 1.33. The summed E-state index contributed by atoms with van der Waals surface area (Å²) in [5.74, 6) is 0.227. The third kappa shape index (κ3) is 4.80. The molecule has 0 unspecified atom stereocenters. The summed E-state index contributed by atoms with van der Waals surface area (Å²) in [6.45, 7) is 10.6. The maximum atomic E-state index is 12.2. The van der Waals surface area contributed by atoms with Crippen LogP contribution >= 0.6 is 11.3 Å². The van der Waals surface area contributed by atoms with Crippen molar-refractivity contribution in [2.75, 3.05) is 39.3 Å². The zero-order valence-electron chi connectivity index (χ0n) is 13.2. The number of nitrogens with zero attached hydrogens (tertiary/aromatic N) is 2. The van der Waals surface area contributed by atoms with Crippen LogP contribution in [-0.4, -0.2) is 55.0 Å². The minimum atomic E-state index is 0.227. The molecule has 1 N–H and O–H groups in total. The van der Waals surface area contributed by atoms with E-state index in [9.17, 15) is 4.79 Å². The zero-order valence-corrected chi connectivity index (χ0v) is 14.0. The molecule has 1 aromatic rings. The molecule has 0 saturated carbocycles. The van der Waals surface area contributed by atoms with Crippen LogP contribution in [0.3, 0.4) is 0 Å². The monoisotopic (exact) mass is 309 g/mol. The highest BCUT2D eigenvalue weighted by Crippen LogP contribution is 2.23.